The molecule has 2 N–H and O–H groups in total. The highest BCUT2D eigenvalue weighted by Gasteiger charge is 2.40. The summed E-state index contributed by atoms with van der Waals surface area (Å²) in [5.41, 5.74) is 9.01. The van der Waals surface area contributed by atoms with Gasteiger partial charge in [0.25, 0.3) is 0 Å². The highest BCUT2D eigenvalue weighted by Crippen LogP contribution is 2.34. The molecule has 3 aliphatic heterocycles. The Morgan fingerprint density at radius 3 is 2.87 bits per heavy atom. The largest absolute Gasteiger partial charge is 0.355 e. The van der Waals surface area contributed by atoms with Crippen molar-refractivity contribution in [3.05, 3.63) is 53.6 Å². The second-order valence-electron chi connectivity index (χ2n) is 9.30. The minimum Gasteiger partial charge on any atom is -0.355 e. The highest BCUT2D eigenvalue weighted by atomic mass is 15.4. The third-order valence-electron chi connectivity index (χ3n) is 7.30. The van der Waals surface area contributed by atoms with Crippen LogP contribution in [0.15, 0.2) is 47.4 Å². The molecule has 1 fully saturated rings. The molecule has 0 spiro atoms. The monoisotopic (exact) mass is 421 g/mol. The van der Waals surface area contributed by atoms with Crippen LogP contribution >= 0.6 is 0 Å². The maximum absolute atomic E-state index is 6.35. The standard InChI is InChI=1S/C24H35N7/c1-28-12-14-30(15-13-28)23-10-4-9-22-27-19(21(16-25)31(22)23)17-29(2)20-8-3-6-18-7-5-11-26-24(18)20/h4-5,7,9-11,19-21H,3,6,8,12-17,25H2,1-2H3/t19?,20-,21?/m0/s1. The summed E-state index contributed by atoms with van der Waals surface area (Å²) >= 11 is 0. The summed E-state index contributed by atoms with van der Waals surface area (Å²) in [5.74, 6) is 2.33. The number of nitrogens with zero attached hydrogens (tertiary/aromatic N) is 6. The van der Waals surface area contributed by atoms with Crippen LogP contribution in [0.4, 0.5) is 0 Å². The number of piperazine rings is 1. The van der Waals surface area contributed by atoms with Crippen LogP contribution in [0.2, 0.25) is 0 Å². The Labute approximate surface area is 185 Å². The molecule has 0 aromatic carbocycles. The lowest BCUT2D eigenvalue weighted by Gasteiger charge is -2.42. The molecule has 7 nitrogen and oxygen atoms in total. The molecular weight excluding hydrogens is 386 g/mol. The first-order valence-electron chi connectivity index (χ1n) is 11.7. The molecule has 1 aromatic heterocycles. The van der Waals surface area contributed by atoms with E-state index in [1.807, 2.05) is 6.20 Å². The van der Waals surface area contributed by atoms with Gasteiger partial charge in [0, 0.05) is 45.5 Å². The van der Waals surface area contributed by atoms with Crippen molar-refractivity contribution >= 4 is 5.84 Å². The van der Waals surface area contributed by atoms with Crippen molar-refractivity contribution in [2.75, 3.05) is 53.4 Å². The van der Waals surface area contributed by atoms with Crippen LogP contribution in [-0.4, -0.2) is 95.9 Å². The lowest BCUT2D eigenvalue weighted by atomic mass is 9.90. The van der Waals surface area contributed by atoms with Gasteiger partial charge in [-0.25, -0.2) is 0 Å². The lowest BCUT2D eigenvalue weighted by molar-refractivity contribution is 0.141. The lowest BCUT2D eigenvalue weighted by Crippen LogP contribution is -2.53. The minimum absolute atomic E-state index is 0.165. The number of rotatable bonds is 5. The summed E-state index contributed by atoms with van der Waals surface area (Å²) in [6.45, 7) is 5.78. The van der Waals surface area contributed by atoms with E-state index in [0.717, 1.165) is 51.4 Å². The van der Waals surface area contributed by atoms with Gasteiger partial charge in [-0.15, -0.1) is 0 Å². The molecule has 3 atom stereocenters. The Balaban J connectivity index is 1.33. The van der Waals surface area contributed by atoms with Crippen LogP contribution in [0.5, 0.6) is 0 Å². The summed E-state index contributed by atoms with van der Waals surface area (Å²) < 4.78 is 0. The van der Waals surface area contributed by atoms with Crippen molar-refractivity contribution in [3.8, 4) is 0 Å². The van der Waals surface area contributed by atoms with Crippen molar-refractivity contribution in [2.45, 2.75) is 37.4 Å². The minimum atomic E-state index is 0.165. The zero-order valence-electron chi connectivity index (χ0n) is 18.8. The number of aromatic nitrogens is 1. The van der Waals surface area contributed by atoms with E-state index in [0.29, 0.717) is 12.6 Å². The molecule has 5 rings (SSSR count). The van der Waals surface area contributed by atoms with Crippen LogP contribution in [0, 0.1) is 0 Å². The van der Waals surface area contributed by atoms with Crippen molar-refractivity contribution in [1.82, 2.24) is 24.6 Å². The average Bonchev–Trinajstić information content (AvgIpc) is 3.16. The fourth-order valence-corrected chi connectivity index (χ4v) is 5.53. The highest BCUT2D eigenvalue weighted by molar-refractivity contribution is 5.97. The third-order valence-corrected chi connectivity index (χ3v) is 7.30. The third kappa shape index (κ3) is 3.90. The zero-order chi connectivity index (χ0) is 21.4. The fraction of sp³-hybridized carbons (Fsp3) is 0.583. The number of nitrogens with two attached hydrogens (primary N) is 1. The molecule has 1 aliphatic carbocycles. The number of likely N-dealkylation sites (N-methyl/N-ethyl adjacent to an activating group) is 2. The maximum atomic E-state index is 6.35. The molecule has 1 aromatic rings. The average molecular weight is 422 g/mol. The predicted octanol–water partition coefficient (Wildman–Crippen LogP) is 1.46. The normalized spacial score (nSPS) is 28.5. The quantitative estimate of drug-likeness (QED) is 0.777. The number of amidine groups is 1. The summed E-state index contributed by atoms with van der Waals surface area (Å²) in [4.78, 5) is 19.6. The van der Waals surface area contributed by atoms with Gasteiger partial charge in [0.2, 0.25) is 0 Å². The second kappa shape index (κ2) is 8.73. The summed E-state index contributed by atoms with van der Waals surface area (Å²) in [7, 11) is 4.43. The van der Waals surface area contributed by atoms with Gasteiger partial charge in [0.05, 0.1) is 23.8 Å². The molecule has 1 saturated heterocycles. The summed E-state index contributed by atoms with van der Waals surface area (Å²) in [6, 6.07) is 5.02. The van der Waals surface area contributed by atoms with Gasteiger partial charge in [-0.2, -0.15) is 0 Å². The van der Waals surface area contributed by atoms with Gasteiger partial charge in [0.1, 0.15) is 11.7 Å². The number of pyridine rings is 1. The number of allylic oxidation sites excluding steroid dienone is 2. The Morgan fingerprint density at radius 1 is 1.23 bits per heavy atom. The molecule has 2 unspecified atom stereocenters. The Bertz CT molecular complexity index is 884. The maximum Gasteiger partial charge on any atom is 0.129 e. The molecule has 0 saturated carbocycles. The van der Waals surface area contributed by atoms with Gasteiger partial charge < -0.3 is 20.4 Å². The molecule has 7 heteroatoms. The van der Waals surface area contributed by atoms with Crippen LogP contribution in [0.1, 0.15) is 30.1 Å². The Kier molecular flexibility index (Phi) is 5.82. The van der Waals surface area contributed by atoms with Crippen LogP contribution in [0.3, 0.4) is 0 Å². The number of aliphatic imine (C=N–C) groups is 1. The first kappa shape index (κ1) is 20.7. The Hall–Kier alpha value is -2.22. The van der Waals surface area contributed by atoms with Gasteiger partial charge in [-0.1, -0.05) is 12.1 Å². The predicted molar refractivity (Wildman–Crippen MR) is 125 cm³/mol. The van der Waals surface area contributed by atoms with Gasteiger partial charge in [-0.05, 0) is 57.1 Å². The smallest absolute Gasteiger partial charge is 0.129 e. The molecule has 4 aliphatic rings. The first-order chi connectivity index (χ1) is 15.2. The SMILES string of the molecule is CN1CCN(C2=CC=CC3=NC(CN(C)[C@H]4CCCc5cccnc54)C(CN)N23)CC1. The molecular formula is C24H35N7. The van der Waals surface area contributed by atoms with Crippen molar-refractivity contribution in [1.29, 1.82) is 0 Å². The summed E-state index contributed by atoms with van der Waals surface area (Å²) in [5, 5.41) is 0. The Morgan fingerprint density at radius 2 is 2.06 bits per heavy atom. The number of aryl methyl sites for hydroxylation is 1. The van der Waals surface area contributed by atoms with Crippen LogP contribution in [0.25, 0.3) is 0 Å². The van der Waals surface area contributed by atoms with Gasteiger partial charge in [0.15, 0.2) is 0 Å². The molecule has 31 heavy (non-hydrogen) atoms. The van der Waals surface area contributed by atoms with E-state index < -0.39 is 0 Å². The molecule has 0 amide bonds. The van der Waals surface area contributed by atoms with E-state index in [4.69, 9.17) is 15.7 Å². The molecule has 166 valence electrons. The zero-order valence-corrected chi connectivity index (χ0v) is 18.8. The van der Waals surface area contributed by atoms with E-state index in [2.05, 4.69) is 64.1 Å². The summed E-state index contributed by atoms with van der Waals surface area (Å²) in [6.07, 6.45) is 12.0. The van der Waals surface area contributed by atoms with Crippen LogP contribution in [-0.2, 0) is 6.42 Å². The van der Waals surface area contributed by atoms with Crippen molar-refractivity contribution in [3.63, 3.8) is 0 Å². The van der Waals surface area contributed by atoms with E-state index >= 15 is 0 Å². The van der Waals surface area contributed by atoms with E-state index in [1.54, 1.807) is 0 Å². The first-order valence-corrected chi connectivity index (χ1v) is 11.7. The van der Waals surface area contributed by atoms with E-state index in [9.17, 15) is 0 Å². The van der Waals surface area contributed by atoms with E-state index in [-0.39, 0.29) is 12.1 Å². The molecule has 0 radical (unpaired) electrons. The van der Waals surface area contributed by atoms with Crippen LogP contribution < -0.4 is 5.73 Å². The van der Waals surface area contributed by atoms with Gasteiger partial charge in [-0.3, -0.25) is 14.9 Å². The topological polar surface area (TPSA) is 64.2 Å². The number of hydrogen-bond donors (Lipinski definition) is 1. The van der Waals surface area contributed by atoms with Crippen molar-refractivity contribution < 1.29 is 0 Å². The number of hydrogen-bond acceptors (Lipinski definition) is 7. The van der Waals surface area contributed by atoms with Crippen molar-refractivity contribution in [2.24, 2.45) is 10.7 Å². The molecule has 4 heterocycles. The van der Waals surface area contributed by atoms with Gasteiger partial charge >= 0.3 is 0 Å². The second-order valence-corrected chi connectivity index (χ2v) is 9.30. The molecule has 0 bridgehead atoms. The fourth-order valence-electron chi connectivity index (χ4n) is 5.53. The van der Waals surface area contributed by atoms with E-state index in [1.165, 1.54) is 23.5 Å². The number of fused-ring (bicyclic) bond motifs is 2.